The lowest BCUT2D eigenvalue weighted by molar-refractivity contribution is 0.111. The van der Waals surface area contributed by atoms with E-state index in [1.165, 1.54) is 12.3 Å². The highest BCUT2D eigenvalue weighted by molar-refractivity contribution is 5.95. The highest BCUT2D eigenvalue weighted by Crippen LogP contribution is 2.29. The van der Waals surface area contributed by atoms with E-state index in [9.17, 15) is 4.79 Å². The molecule has 0 unspecified atom stereocenters. The van der Waals surface area contributed by atoms with E-state index in [0.717, 1.165) is 0 Å². The number of furan rings is 2. The van der Waals surface area contributed by atoms with Gasteiger partial charge >= 0.3 is 0 Å². The molecule has 2 rings (SSSR count). The van der Waals surface area contributed by atoms with Crippen LogP contribution in [-0.4, -0.2) is 11.4 Å². The van der Waals surface area contributed by atoms with E-state index >= 15 is 0 Å². The van der Waals surface area contributed by atoms with Crippen LogP contribution >= 0.6 is 0 Å². The fourth-order valence-corrected chi connectivity index (χ4v) is 0.934. The second kappa shape index (κ2) is 1.88. The third-order valence-electron chi connectivity index (χ3n) is 1.43. The summed E-state index contributed by atoms with van der Waals surface area (Å²) in [7, 11) is 0. The lowest BCUT2D eigenvalue weighted by atomic mass is 10.3. The van der Waals surface area contributed by atoms with E-state index in [1.807, 2.05) is 0 Å². The maximum Gasteiger partial charge on any atom is 0.297 e. The van der Waals surface area contributed by atoms with E-state index in [2.05, 4.69) is 0 Å². The van der Waals surface area contributed by atoms with Crippen molar-refractivity contribution < 1.29 is 18.7 Å². The molecule has 4 nitrogen and oxygen atoms in total. The minimum atomic E-state index is -0.394. The molecule has 0 amide bonds. The third-order valence-corrected chi connectivity index (χ3v) is 1.43. The van der Waals surface area contributed by atoms with Gasteiger partial charge in [-0.3, -0.25) is 4.79 Å². The van der Waals surface area contributed by atoms with Gasteiger partial charge in [-0.1, -0.05) is 0 Å². The van der Waals surface area contributed by atoms with Gasteiger partial charge in [0, 0.05) is 6.07 Å². The smallest absolute Gasteiger partial charge is 0.297 e. The Morgan fingerprint density at radius 1 is 1.55 bits per heavy atom. The van der Waals surface area contributed by atoms with Crippen LogP contribution in [0.3, 0.4) is 0 Å². The van der Waals surface area contributed by atoms with E-state index in [0.29, 0.717) is 11.9 Å². The third kappa shape index (κ3) is 0.660. The lowest BCUT2D eigenvalue weighted by Crippen LogP contribution is -1.72. The minimum absolute atomic E-state index is 0.0602. The summed E-state index contributed by atoms with van der Waals surface area (Å²) in [6.07, 6.45) is 1.88. The van der Waals surface area contributed by atoms with Crippen LogP contribution in [-0.2, 0) is 0 Å². The van der Waals surface area contributed by atoms with Crippen LogP contribution in [0.5, 0.6) is 5.95 Å². The Morgan fingerprint density at radius 2 is 2.36 bits per heavy atom. The van der Waals surface area contributed by atoms with Crippen LogP contribution in [0.25, 0.3) is 11.2 Å². The van der Waals surface area contributed by atoms with Gasteiger partial charge in [-0.15, -0.1) is 0 Å². The molecule has 2 aromatic rings. The zero-order valence-electron chi connectivity index (χ0n) is 5.40. The minimum Gasteiger partial charge on any atom is -0.480 e. The Morgan fingerprint density at radius 3 is 3.09 bits per heavy atom. The fraction of sp³-hybridized carbons (Fsp3) is 0. The van der Waals surface area contributed by atoms with Gasteiger partial charge in [0.05, 0.1) is 6.26 Å². The predicted molar refractivity (Wildman–Crippen MR) is 35.5 cm³/mol. The zero-order chi connectivity index (χ0) is 7.84. The average molecular weight is 152 g/mol. The van der Waals surface area contributed by atoms with Crippen LogP contribution in [0.4, 0.5) is 0 Å². The average Bonchev–Trinajstić information content (AvgIpc) is 2.46. The van der Waals surface area contributed by atoms with Crippen molar-refractivity contribution in [3.05, 3.63) is 17.9 Å². The second-order valence-electron chi connectivity index (χ2n) is 2.05. The maximum atomic E-state index is 10.3. The summed E-state index contributed by atoms with van der Waals surface area (Å²) in [6.45, 7) is 0. The normalized spacial score (nSPS) is 10.5. The van der Waals surface area contributed by atoms with Gasteiger partial charge in [0.2, 0.25) is 0 Å². The first-order valence-electron chi connectivity index (χ1n) is 2.97. The zero-order valence-corrected chi connectivity index (χ0v) is 5.40. The number of hydrogen-bond acceptors (Lipinski definition) is 4. The first-order valence-corrected chi connectivity index (χ1v) is 2.97. The largest absolute Gasteiger partial charge is 0.480 e. The van der Waals surface area contributed by atoms with Crippen LogP contribution in [0.2, 0.25) is 0 Å². The topological polar surface area (TPSA) is 63.6 Å². The van der Waals surface area contributed by atoms with Crippen LogP contribution in [0.1, 0.15) is 10.4 Å². The second-order valence-corrected chi connectivity index (χ2v) is 2.05. The molecule has 2 heterocycles. The van der Waals surface area contributed by atoms with Gasteiger partial charge in [-0.25, -0.2) is 0 Å². The summed E-state index contributed by atoms with van der Waals surface area (Å²) in [6, 6.07) is 1.53. The quantitative estimate of drug-likeness (QED) is 0.629. The number of aldehydes is 1. The van der Waals surface area contributed by atoms with Crippen molar-refractivity contribution in [2.75, 3.05) is 0 Å². The molecule has 0 bridgehead atoms. The molecule has 0 aliphatic carbocycles. The number of aromatic hydroxyl groups is 1. The Labute approximate surface area is 61.0 Å². The number of carbonyl (C=O) groups is 1. The standard InChI is InChI=1S/C7H4O4/c8-3-4-6-5(1-2-10-6)11-7(4)9/h1-3,9H. The Bertz CT molecular complexity index is 395. The molecular weight excluding hydrogens is 148 g/mol. The summed E-state index contributed by atoms with van der Waals surface area (Å²) < 4.78 is 9.64. The van der Waals surface area contributed by atoms with E-state index in [1.54, 1.807) is 0 Å². The van der Waals surface area contributed by atoms with Gasteiger partial charge in [0.25, 0.3) is 5.95 Å². The molecule has 0 saturated carbocycles. The number of fused-ring (bicyclic) bond motifs is 1. The highest BCUT2D eigenvalue weighted by Gasteiger charge is 2.14. The SMILES string of the molecule is O=Cc1c(O)oc2ccoc12. The molecule has 0 aromatic carbocycles. The van der Waals surface area contributed by atoms with Gasteiger partial charge in [-0.05, 0) is 0 Å². The molecule has 11 heavy (non-hydrogen) atoms. The number of rotatable bonds is 1. The Hall–Kier alpha value is -1.71. The number of carbonyl (C=O) groups excluding carboxylic acids is 1. The molecule has 0 aliphatic heterocycles. The summed E-state index contributed by atoms with van der Waals surface area (Å²) in [4.78, 5) is 10.3. The number of hydrogen-bond donors (Lipinski definition) is 1. The predicted octanol–water partition coefficient (Wildman–Crippen LogP) is 1.54. The summed E-state index contributed by atoms with van der Waals surface area (Å²) >= 11 is 0. The van der Waals surface area contributed by atoms with Crippen molar-refractivity contribution in [1.29, 1.82) is 0 Å². The van der Waals surface area contributed by atoms with Gasteiger partial charge < -0.3 is 13.9 Å². The van der Waals surface area contributed by atoms with E-state index in [-0.39, 0.29) is 11.1 Å². The van der Waals surface area contributed by atoms with Gasteiger partial charge in [0.15, 0.2) is 17.5 Å². The lowest BCUT2D eigenvalue weighted by Gasteiger charge is -1.80. The Kier molecular flexibility index (Phi) is 1.03. The molecule has 0 fully saturated rings. The Balaban J connectivity index is 2.90. The molecular formula is C7H4O4. The summed E-state index contributed by atoms with van der Waals surface area (Å²) in [5.41, 5.74) is 0.729. The molecule has 2 aromatic heterocycles. The van der Waals surface area contributed by atoms with Crippen molar-refractivity contribution in [3.63, 3.8) is 0 Å². The molecule has 1 N–H and O–H groups in total. The van der Waals surface area contributed by atoms with Crippen LogP contribution < -0.4 is 0 Å². The van der Waals surface area contributed by atoms with Gasteiger partial charge in [0.1, 0.15) is 5.56 Å². The summed E-state index contributed by atoms with van der Waals surface area (Å²) in [5.74, 6) is -0.394. The molecule has 4 heteroatoms. The fourth-order valence-electron chi connectivity index (χ4n) is 0.934. The summed E-state index contributed by atoms with van der Waals surface area (Å²) in [5, 5.41) is 8.97. The van der Waals surface area contributed by atoms with Crippen molar-refractivity contribution in [3.8, 4) is 5.95 Å². The van der Waals surface area contributed by atoms with Crippen LogP contribution in [0.15, 0.2) is 21.2 Å². The molecule has 0 radical (unpaired) electrons. The first-order chi connectivity index (χ1) is 5.33. The van der Waals surface area contributed by atoms with Crippen molar-refractivity contribution in [2.45, 2.75) is 0 Å². The molecule has 0 aliphatic rings. The monoisotopic (exact) mass is 152 g/mol. The van der Waals surface area contributed by atoms with E-state index < -0.39 is 5.95 Å². The molecule has 0 spiro atoms. The highest BCUT2D eigenvalue weighted by atomic mass is 16.5. The first kappa shape index (κ1) is 6.03. The van der Waals surface area contributed by atoms with Crippen molar-refractivity contribution >= 4 is 17.5 Å². The van der Waals surface area contributed by atoms with E-state index in [4.69, 9.17) is 13.9 Å². The van der Waals surface area contributed by atoms with Gasteiger partial charge in [-0.2, -0.15) is 0 Å². The van der Waals surface area contributed by atoms with Crippen molar-refractivity contribution in [1.82, 2.24) is 0 Å². The van der Waals surface area contributed by atoms with Crippen LogP contribution in [0, 0.1) is 0 Å². The maximum absolute atomic E-state index is 10.3. The molecule has 56 valence electrons. The van der Waals surface area contributed by atoms with Crippen molar-refractivity contribution in [2.24, 2.45) is 0 Å². The molecule has 0 saturated heterocycles. The molecule has 0 atom stereocenters.